The molecule has 0 aliphatic rings. The molecule has 8 nitrogen and oxygen atoms in total. The molecule has 1 aromatic heterocycles. The fourth-order valence-corrected chi connectivity index (χ4v) is 1.92. The van der Waals surface area contributed by atoms with Gasteiger partial charge < -0.3 is 14.8 Å². The Balaban J connectivity index is 2.49. The van der Waals surface area contributed by atoms with E-state index in [4.69, 9.17) is 9.47 Å². The molecule has 0 radical (unpaired) electrons. The molecule has 0 spiro atoms. The summed E-state index contributed by atoms with van der Waals surface area (Å²) in [5, 5.41) is 14.2. The molecule has 1 aromatic carbocycles. The lowest BCUT2D eigenvalue weighted by atomic mass is 10.2. The van der Waals surface area contributed by atoms with E-state index in [2.05, 4.69) is 15.3 Å². The Hall–Kier alpha value is -2.90. The third-order valence-corrected chi connectivity index (χ3v) is 2.85. The maximum Gasteiger partial charge on any atom is 0.332 e. The minimum absolute atomic E-state index is 0.0606. The minimum Gasteiger partial charge on any atom is -0.495 e. The van der Waals surface area contributed by atoms with Gasteiger partial charge in [-0.15, -0.1) is 0 Å². The Kier molecular flexibility index (Phi) is 4.72. The normalized spacial score (nSPS) is 10.1. The van der Waals surface area contributed by atoms with Gasteiger partial charge in [0.15, 0.2) is 0 Å². The van der Waals surface area contributed by atoms with E-state index >= 15 is 0 Å². The van der Waals surface area contributed by atoms with E-state index in [1.165, 1.54) is 14.0 Å². The van der Waals surface area contributed by atoms with Crippen LogP contribution in [0.25, 0.3) is 0 Å². The Bertz CT molecular complexity index is 691. The maximum atomic E-state index is 11.3. The molecule has 2 rings (SSSR count). The lowest BCUT2D eigenvalue weighted by Crippen LogP contribution is -2.07. The highest BCUT2D eigenvalue weighted by molar-refractivity contribution is 5.71. The second kappa shape index (κ2) is 6.70. The number of hydrogen-bond donors (Lipinski definition) is 1. The molecular formula is C14H16N4O4. The fraction of sp³-hybridized carbons (Fsp3) is 0.286. The number of ether oxygens (including phenoxy) is 2. The summed E-state index contributed by atoms with van der Waals surface area (Å²) in [4.78, 5) is 18.8. The summed E-state index contributed by atoms with van der Waals surface area (Å²) in [6.07, 6.45) is 0. The molecule has 22 heavy (non-hydrogen) atoms. The van der Waals surface area contributed by atoms with Crippen molar-refractivity contribution in [3.8, 4) is 11.8 Å². The van der Waals surface area contributed by atoms with Crippen molar-refractivity contribution < 1.29 is 14.4 Å². The van der Waals surface area contributed by atoms with Crippen molar-refractivity contribution in [1.82, 2.24) is 9.97 Å². The number of anilines is 2. The van der Waals surface area contributed by atoms with Gasteiger partial charge in [-0.05, 0) is 26.0 Å². The van der Waals surface area contributed by atoms with Gasteiger partial charge in [0.05, 0.1) is 24.3 Å². The number of para-hydroxylation sites is 2. The van der Waals surface area contributed by atoms with Crippen molar-refractivity contribution in [2.24, 2.45) is 0 Å². The Morgan fingerprint density at radius 1 is 1.32 bits per heavy atom. The van der Waals surface area contributed by atoms with Gasteiger partial charge in [-0.3, -0.25) is 10.1 Å². The summed E-state index contributed by atoms with van der Waals surface area (Å²) in [6, 6.07) is 7.15. The summed E-state index contributed by atoms with van der Waals surface area (Å²) < 4.78 is 10.5. The quantitative estimate of drug-likeness (QED) is 0.647. The molecule has 0 saturated heterocycles. The molecule has 0 aliphatic heterocycles. The SMILES string of the molecule is CCOc1nc(C)c([N+](=O)[O-])c(Nc2ccccc2OC)n1. The molecule has 0 fully saturated rings. The van der Waals surface area contributed by atoms with E-state index in [9.17, 15) is 10.1 Å². The predicted octanol–water partition coefficient (Wildman–Crippen LogP) is 2.84. The van der Waals surface area contributed by atoms with E-state index in [-0.39, 0.29) is 23.2 Å². The average Bonchev–Trinajstić information content (AvgIpc) is 2.47. The summed E-state index contributed by atoms with van der Waals surface area (Å²) in [5.74, 6) is 0.608. The van der Waals surface area contributed by atoms with Crippen LogP contribution in [0.5, 0.6) is 11.8 Å². The third-order valence-electron chi connectivity index (χ3n) is 2.85. The van der Waals surface area contributed by atoms with Gasteiger partial charge in [-0.1, -0.05) is 12.1 Å². The van der Waals surface area contributed by atoms with Crippen molar-refractivity contribution in [2.75, 3.05) is 19.0 Å². The topological polar surface area (TPSA) is 99.4 Å². The molecule has 0 bridgehead atoms. The Morgan fingerprint density at radius 3 is 2.68 bits per heavy atom. The van der Waals surface area contributed by atoms with Crippen molar-refractivity contribution >= 4 is 17.2 Å². The van der Waals surface area contributed by atoms with Gasteiger partial charge in [0, 0.05) is 0 Å². The molecule has 0 unspecified atom stereocenters. The van der Waals surface area contributed by atoms with Crippen molar-refractivity contribution in [1.29, 1.82) is 0 Å². The Morgan fingerprint density at radius 2 is 2.05 bits per heavy atom. The fourth-order valence-electron chi connectivity index (χ4n) is 1.92. The zero-order valence-corrected chi connectivity index (χ0v) is 12.5. The van der Waals surface area contributed by atoms with E-state index in [1.54, 1.807) is 31.2 Å². The summed E-state index contributed by atoms with van der Waals surface area (Å²) in [6.45, 7) is 3.69. The molecule has 8 heteroatoms. The zero-order chi connectivity index (χ0) is 16.1. The van der Waals surface area contributed by atoms with Crippen LogP contribution in [0.3, 0.4) is 0 Å². The predicted molar refractivity (Wildman–Crippen MR) is 80.9 cm³/mol. The summed E-state index contributed by atoms with van der Waals surface area (Å²) in [5.41, 5.74) is 0.587. The van der Waals surface area contributed by atoms with Crippen LogP contribution in [0.2, 0.25) is 0 Å². The molecule has 0 amide bonds. The largest absolute Gasteiger partial charge is 0.495 e. The highest BCUT2D eigenvalue weighted by atomic mass is 16.6. The van der Waals surface area contributed by atoms with E-state index in [1.807, 2.05) is 0 Å². The molecule has 116 valence electrons. The van der Waals surface area contributed by atoms with Crippen molar-refractivity contribution in [3.05, 3.63) is 40.1 Å². The van der Waals surface area contributed by atoms with Gasteiger partial charge in [-0.2, -0.15) is 9.97 Å². The molecule has 1 heterocycles. The van der Waals surface area contributed by atoms with Crippen LogP contribution in [-0.2, 0) is 0 Å². The summed E-state index contributed by atoms with van der Waals surface area (Å²) >= 11 is 0. The van der Waals surface area contributed by atoms with Crippen LogP contribution < -0.4 is 14.8 Å². The highest BCUT2D eigenvalue weighted by Crippen LogP contribution is 2.33. The number of aromatic nitrogens is 2. The lowest BCUT2D eigenvalue weighted by molar-refractivity contribution is -0.385. The molecular weight excluding hydrogens is 288 g/mol. The van der Waals surface area contributed by atoms with Crippen LogP contribution in [0.15, 0.2) is 24.3 Å². The first kappa shape index (κ1) is 15.5. The van der Waals surface area contributed by atoms with Crippen LogP contribution in [0.1, 0.15) is 12.6 Å². The van der Waals surface area contributed by atoms with E-state index in [0.717, 1.165) is 0 Å². The molecule has 0 aliphatic carbocycles. The second-order valence-corrected chi connectivity index (χ2v) is 4.30. The standard InChI is InChI=1S/C14H16N4O4/c1-4-22-14-15-9(2)12(18(19)20)13(17-14)16-10-7-5-6-8-11(10)21-3/h5-8H,4H2,1-3H3,(H,15,16,17). The van der Waals surface area contributed by atoms with Crippen molar-refractivity contribution in [3.63, 3.8) is 0 Å². The van der Waals surface area contributed by atoms with Crippen molar-refractivity contribution in [2.45, 2.75) is 13.8 Å². The van der Waals surface area contributed by atoms with Crippen LogP contribution in [-0.4, -0.2) is 28.6 Å². The van der Waals surface area contributed by atoms with E-state index in [0.29, 0.717) is 18.0 Å². The zero-order valence-electron chi connectivity index (χ0n) is 12.5. The van der Waals surface area contributed by atoms with Gasteiger partial charge in [0.1, 0.15) is 11.4 Å². The number of nitrogens with zero attached hydrogens (tertiary/aromatic N) is 3. The summed E-state index contributed by atoms with van der Waals surface area (Å²) in [7, 11) is 1.52. The second-order valence-electron chi connectivity index (χ2n) is 4.30. The molecule has 1 N–H and O–H groups in total. The maximum absolute atomic E-state index is 11.3. The molecule has 0 atom stereocenters. The molecule has 0 saturated carbocycles. The number of nitro groups is 1. The number of methoxy groups -OCH3 is 1. The lowest BCUT2D eigenvalue weighted by Gasteiger charge is -2.12. The number of aryl methyl sites for hydroxylation is 1. The van der Waals surface area contributed by atoms with E-state index < -0.39 is 4.92 Å². The molecule has 2 aromatic rings. The smallest absolute Gasteiger partial charge is 0.332 e. The first-order valence-electron chi connectivity index (χ1n) is 6.62. The monoisotopic (exact) mass is 304 g/mol. The Labute approximate surface area is 127 Å². The van der Waals surface area contributed by atoms with Gasteiger partial charge in [-0.25, -0.2) is 0 Å². The van der Waals surface area contributed by atoms with Crippen LogP contribution >= 0.6 is 0 Å². The number of rotatable bonds is 6. The highest BCUT2D eigenvalue weighted by Gasteiger charge is 2.23. The third kappa shape index (κ3) is 3.22. The number of benzene rings is 1. The van der Waals surface area contributed by atoms with Crippen LogP contribution in [0.4, 0.5) is 17.2 Å². The van der Waals surface area contributed by atoms with Crippen LogP contribution in [0, 0.1) is 17.0 Å². The minimum atomic E-state index is -0.525. The van der Waals surface area contributed by atoms with Gasteiger partial charge >= 0.3 is 11.7 Å². The van der Waals surface area contributed by atoms with Gasteiger partial charge in [0.2, 0.25) is 5.82 Å². The number of hydrogen-bond acceptors (Lipinski definition) is 7. The first-order valence-corrected chi connectivity index (χ1v) is 6.62. The van der Waals surface area contributed by atoms with Gasteiger partial charge in [0.25, 0.3) is 0 Å². The average molecular weight is 304 g/mol. The first-order chi connectivity index (χ1) is 10.6. The number of nitrogens with one attached hydrogen (secondary N) is 1.